The predicted molar refractivity (Wildman–Crippen MR) is 89.5 cm³/mol. The molecule has 116 valence electrons. The fourth-order valence-electron chi connectivity index (χ4n) is 2.61. The number of phenolic OH excluding ortho intramolecular Hbond substituents is 1. The normalized spacial score (nSPS) is 15.6. The first-order chi connectivity index (χ1) is 10.2. The maximum Gasteiger partial charge on any atom is 0.257 e. The molecule has 1 saturated heterocycles. The number of carbonyl (C=O) groups is 1. The molecule has 2 rings (SSSR count). The van der Waals surface area contributed by atoms with Crippen LogP contribution in [0, 0.1) is 0 Å². The molecule has 0 spiro atoms. The summed E-state index contributed by atoms with van der Waals surface area (Å²) in [6, 6.07) is 5.38. The predicted octanol–water partition coefficient (Wildman–Crippen LogP) is 2.82. The van der Waals surface area contributed by atoms with Gasteiger partial charge in [-0.1, -0.05) is 0 Å². The zero-order chi connectivity index (χ0) is 15.2. The van der Waals surface area contributed by atoms with E-state index in [1.54, 1.807) is 12.1 Å². The van der Waals surface area contributed by atoms with E-state index in [9.17, 15) is 9.90 Å². The van der Waals surface area contributed by atoms with Crippen LogP contribution in [0.25, 0.3) is 0 Å². The molecule has 1 N–H and O–H groups in total. The summed E-state index contributed by atoms with van der Waals surface area (Å²) >= 11 is 1.89. The Balaban J connectivity index is 2.17. The highest BCUT2D eigenvalue weighted by Crippen LogP contribution is 2.26. The van der Waals surface area contributed by atoms with Gasteiger partial charge < -0.3 is 14.9 Å². The summed E-state index contributed by atoms with van der Waals surface area (Å²) < 4.78 is 0. The number of nitrogens with zero attached hydrogens (tertiary/aromatic N) is 2. The number of carbonyl (C=O) groups excluding carboxylic acids is 1. The Bertz CT molecular complexity index is 481. The van der Waals surface area contributed by atoms with Gasteiger partial charge in [0.15, 0.2) is 0 Å². The van der Waals surface area contributed by atoms with E-state index >= 15 is 0 Å². The van der Waals surface area contributed by atoms with Crippen LogP contribution in [-0.4, -0.2) is 53.6 Å². The van der Waals surface area contributed by atoms with E-state index in [1.807, 2.05) is 22.7 Å². The minimum atomic E-state index is -0.0545. The van der Waals surface area contributed by atoms with Crippen LogP contribution in [0.15, 0.2) is 18.2 Å². The van der Waals surface area contributed by atoms with Gasteiger partial charge in [0, 0.05) is 43.7 Å². The molecule has 1 amide bonds. The summed E-state index contributed by atoms with van der Waals surface area (Å²) in [6.45, 7) is 7.46. The van der Waals surface area contributed by atoms with Crippen LogP contribution >= 0.6 is 11.8 Å². The van der Waals surface area contributed by atoms with E-state index in [2.05, 4.69) is 18.7 Å². The Hall–Kier alpha value is -1.36. The summed E-state index contributed by atoms with van der Waals surface area (Å²) in [5, 5.41) is 10.2. The Morgan fingerprint density at radius 1 is 1.29 bits per heavy atom. The number of anilines is 1. The van der Waals surface area contributed by atoms with E-state index in [-0.39, 0.29) is 11.7 Å². The maximum atomic E-state index is 12.5. The molecule has 21 heavy (non-hydrogen) atoms. The van der Waals surface area contributed by atoms with Gasteiger partial charge in [0.1, 0.15) is 5.75 Å². The van der Waals surface area contributed by atoms with Crippen molar-refractivity contribution in [1.29, 1.82) is 0 Å². The zero-order valence-corrected chi connectivity index (χ0v) is 13.7. The molecule has 1 aliphatic heterocycles. The number of rotatable bonds is 4. The quantitative estimate of drug-likeness (QED) is 0.929. The van der Waals surface area contributed by atoms with Crippen molar-refractivity contribution in [1.82, 2.24) is 4.90 Å². The molecule has 0 unspecified atom stereocenters. The van der Waals surface area contributed by atoms with Crippen molar-refractivity contribution < 1.29 is 9.90 Å². The minimum absolute atomic E-state index is 0.0545. The largest absolute Gasteiger partial charge is 0.507 e. The molecule has 0 aliphatic carbocycles. The molecule has 0 bridgehead atoms. The number of thioether (sulfide) groups is 1. The SMILES string of the molecule is CCN(CC)c1ccc(C(=O)N2CCCSCC2)c(O)c1. The molecular weight excluding hydrogens is 284 g/mol. The van der Waals surface area contributed by atoms with Gasteiger partial charge in [0.25, 0.3) is 5.91 Å². The molecule has 1 fully saturated rings. The first kappa shape index (κ1) is 16.0. The van der Waals surface area contributed by atoms with E-state index in [0.717, 1.165) is 49.8 Å². The first-order valence-electron chi connectivity index (χ1n) is 7.62. The topological polar surface area (TPSA) is 43.8 Å². The van der Waals surface area contributed by atoms with Gasteiger partial charge in [-0.05, 0) is 38.2 Å². The molecule has 0 saturated carbocycles. The van der Waals surface area contributed by atoms with Crippen molar-refractivity contribution in [3.05, 3.63) is 23.8 Å². The standard InChI is InChI=1S/C16H24N2O2S/c1-3-17(4-2)13-6-7-14(15(19)12-13)16(20)18-8-5-10-21-11-9-18/h6-7,12,19H,3-5,8-11H2,1-2H3. The Kier molecular flexibility index (Phi) is 5.79. The number of hydrogen-bond donors (Lipinski definition) is 1. The van der Waals surface area contributed by atoms with Crippen molar-refractivity contribution in [3.63, 3.8) is 0 Å². The van der Waals surface area contributed by atoms with Crippen LogP contribution in [-0.2, 0) is 0 Å². The lowest BCUT2D eigenvalue weighted by atomic mass is 10.1. The maximum absolute atomic E-state index is 12.5. The number of phenols is 1. The van der Waals surface area contributed by atoms with E-state index in [4.69, 9.17) is 0 Å². The van der Waals surface area contributed by atoms with Crippen LogP contribution in [0.4, 0.5) is 5.69 Å². The van der Waals surface area contributed by atoms with Gasteiger partial charge >= 0.3 is 0 Å². The third-order valence-electron chi connectivity index (χ3n) is 3.85. The van der Waals surface area contributed by atoms with Crippen LogP contribution in [0.1, 0.15) is 30.6 Å². The van der Waals surface area contributed by atoms with Crippen molar-refractivity contribution in [2.75, 3.05) is 42.6 Å². The summed E-state index contributed by atoms with van der Waals surface area (Å²) in [5.74, 6) is 2.11. The average Bonchev–Trinajstić information content (AvgIpc) is 2.77. The number of aromatic hydroxyl groups is 1. The van der Waals surface area contributed by atoms with Crippen molar-refractivity contribution in [3.8, 4) is 5.75 Å². The van der Waals surface area contributed by atoms with E-state index in [0.29, 0.717) is 5.56 Å². The van der Waals surface area contributed by atoms with Crippen molar-refractivity contribution >= 4 is 23.4 Å². The number of amides is 1. The lowest BCUT2D eigenvalue weighted by Gasteiger charge is -2.23. The van der Waals surface area contributed by atoms with Crippen LogP contribution < -0.4 is 4.90 Å². The van der Waals surface area contributed by atoms with Crippen LogP contribution in [0.3, 0.4) is 0 Å². The highest BCUT2D eigenvalue weighted by Gasteiger charge is 2.20. The zero-order valence-electron chi connectivity index (χ0n) is 12.8. The first-order valence-corrected chi connectivity index (χ1v) is 8.77. The molecule has 5 heteroatoms. The molecule has 1 aromatic carbocycles. The fraction of sp³-hybridized carbons (Fsp3) is 0.562. The highest BCUT2D eigenvalue weighted by molar-refractivity contribution is 7.99. The molecule has 0 aromatic heterocycles. The summed E-state index contributed by atoms with van der Waals surface area (Å²) in [7, 11) is 0. The molecule has 1 aliphatic rings. The van der Waals surface area contributed by atoms with Gasteiger partial charge in [-0.15, -0.1) is 0 Å². The second kappa shape index (κ2) is 7.59. The van der Waals surface area contributed by atoms with E-state index < -0.39 is 0 Å². The van der Waals surface area contributed by atoms with Crippen molar-refractivity contribution in [2.45, 2.75) is 20.3 Å². The Labute approximate surface area is 131 Å². The Morgan fingerprint density at radius 3 is 2.71 bits per heavy atom. The van der Waals surface area contributed by atoms with Gasteiger partial charge in [-0.2, -0.15) is 11.8 Å². The van der Waals surface area contributed by atoms with E-state index in [1.165, 1.54) is 0 Å². The lowest BCUT2D eigenvalue weighted by molar-refractivity contribution is 0.0765. The third-order valence-corrected chi connectivity index (χ3v) is 4.90. The number of benzene rings is 1. The molecule has 4 nitrogen and oxygen atoms in total. The van der Waals surface area contributed by atoms with Crippen molar-refractivity contribution in [2.24, 2.45) is 0 Å². The monoisotopic (exact) mass is 308 g/mol. The van der Waals surface area contributed by atoms with Gasteiger partial charge in [-0.3, -0.25) is 4.79 Å². The minimum Gasteiger partial charge on any atom is -0.507 e. The smallest absolute Gasteiger partial charge is 0.257 e. The van der Waals surface area contributed by atoms with Crippen LogP contribution in [0.2, 0.25) is 0 Å². The van der Waals surface area contributed by atoms with Gasteiger partial charge in [0.05, 0.1) is 5.56 Å². The summed E-state index contributed by atoms with van der Waals surface area (Å²) in [6.07, 6.45) is 1.02. The van der Waals surface area contributed by atoms with Gasteiger partial charge in [-0.25, -0.2) is 0 Å². The molecule has 1 aromatic rings. The highest BCUT2D eigenvalue weighted by atomic mass is 32.2. The van der Waals surface area contributed by atoms with Crippen LogP contribution in [0.5, 0.6) is 5.75 Å². The third kappa shape index (κ3) is 3.84. The summed E-state index contributed by atoms with van der Waals surface area (Å²) in [5.41, 5.74) is 1.37. The Morgan fingerprint density at radius 2 is 2.05 bits per heavy atom. The molecule has 0 radical (unpaired) electrons. The molecular formula is C16H24N2O2S. The molecule has 1 heterocycles. The van der Waals surface area contributed by atoms with Gasteiger partial charge in [0.2, 0.25) is 0 Å². The molecule has 0 atom stereocenters. The average molecular weight is 308 g/mol. The second-order valence-corrected chi connectivity index (χ2v) is 6.36. The summed E-state index contributed by atoms with van der Waals surface area (Å²) in [4.78, 5) is 16.5. The second-order valence-electron chi connectivity index (χ2n) is 5.13. The lowest BCUT2D eigenvalue weighted by Crippen LogP contribution is -2.33. The fourth-order valence-corrected chi connectivity index (χ4v) is 3.49. The number of hydrogen-bond acceptors (Lipinski definition) is 4.